The van der Waals surface area contributed by atoms with Gasteiger partial charge in [-0.2, -0.15) is 0 Å². The Morgan fingerprint density at radius 2 is 1.67 bits per heavy atom. The molecule has 3 heterocycles. The largest absolute Gasteiger partial charge is 0.341 e. The molecule has 0 saturated carbocycles. The molecule has 6 nitrogen and oxygen atoms in total. The van der Waals surface area contributed by atoms with E-state index < -0.39 is 0 Å². The highest BCUT2D eigenvalue weighted by atomic mass is 16.1. The number of ketones is 1. The van der Waals surface area contributed by atoms with E-state index in [1.54, 1.807) is 12.4 Å². The van der Waals surface area contributed by atoms with Gasteiger partial charge in [0.2, 0.25) is 5.95 Å². The fourth-order valence-electron chi connectivity index (χ4n) is 4.38. The summed E-state index contributed by atoms with van der Waals surface area (Å²) in [5.74, 6) is 0.959. The van der Waals surface area contributed by atoms with Crippen LogP contribution in [0, 0.1) is 13.8 Å². The van der Waals surface area contributed by atoms with Gasteiger partial charge in [-0.05, 0) is 38.5 Å². The zero-order valence-corrected chi connectivity index (χ0v) is 18.0. The van der Waals surface area contributed by atoms with E-state index in [0.29, 0.717) is 6.54 Å². The monoisotopic (exact) mass is 403 g/mol. The maximum Gasteiger partial charge on any atom is 0.225 e. The summed E-state index contributed by atoms with van der Waals surface area (Å²) in [6.07, 6.45) is 3.54. The van der Waals surface area contributed by atoms with E-state index in [1.165, 1.54) is 5.56 Å². The lowest BCUT2D eigenvalue weighted by molar-refractivity contribution is 0.0925. The third-order valence-corrected chi connectivity index (χ3v) is 6.03. The first-order chi connectivity index (χ1) is 14.5. The second-order valence-corrected chi connectivity index (χ2v) is 7.98. The average Bonchev–Trinajstić information content (AvgIpc) is 3.09. The Kier molecular flexibility index (Phi) is 5.95. The summed E-state index contributed by atoms with van der Waals surface area (Å²) < 4.78 is 2.27. The topological polar surface area (TPSA) is 54.3 Å². The molecule has 2 aromatic heterocycles. The first kappa shape index (κ1) is 20.3. The number of piperazine rings is 1. The first-order valence-electron chi connectivity index (χ1n) is 10.6. The fraction of sp³-hybridized carbons (Fsp3) is 0.375. The van der Waals surface area contributed by atoms with Crippen LogP contribution in [-0.4, -0.2) is 57.9 Å². The number of hydrogen-bond donors (Lipinski definition) is 0. The Morgan fingerprint density at radius 1 is 1.00 bits per heavy atom. The zero-order chi connectivity index (χ0) is 21.1. The molecule has 1 aliphatic rings. The normalized spacial score (nSPS) is 15.9. The standard InChI is InChI=1S/C24H29N5O/c1-18-16-22(20(3)29(18)19(2)21-8-5-4-6-9-21)23(30)17-27-12-14-28(15-13-27)24-25-10-7-11-26-24/h4-11,16,19H,12-15,17H2,1-3H3/t19-/m0/s1. The summed E-state index contributed by atoms with van der Waals surface area (Å²) in [6, 6.07) is 14.5. The predicted octanol–water partition coefficient (Wildman–Crippen LogP) is 3.51. The Balaban J connectivity index is 1.42. The van der Waals surface area contributed by atoms with Crippen LogP contribution in [0.4, 0.5) is 5.95 Å². The van der Waals surface area contributed by atoms with E-state index in [-0.39, 0.29) is 11.8 Å². The highest BCUT2D eigenvalue weighted by Gasteiger charge is 2.24. The molecule has 1 fully saturated rings. The Morgan fingerprint density at radius 3 is 2.33 bits per heavy atom. The van der Waals surface area contributed by atoms with Crippen molar-refractivity contribution < 1.29 is 4.79 Å². The molecule has 3 aromatic rings. The smallest absolute Gasteiger partial charge is 0.225 e. The molecule has 4 rings (SSSR count). The van der Waals surface area contributed by atoms with E-state index >= 15 is 0 Å². The number of rotatable bonds is 6. The van der Waals surface area contributed by atoms with Gasteiger partial charge in [0, 0.05) is 55.5 Å². The molecule has 1 aromatic carbocycles. The molecule has 156 valence electrons. The van der Waals surface area contributed by atoms with Gasteiger partial charge in [-0.25, -0.2) is 9.97 Å². The third-order valence-electron chi connectivity index (χ3n) is 6.03. The Labute approximate surface area is 178 Å². The number of Topliss-reactive ketones (excluding diaryl/α,β-unsaturated/α-hetero) is 1. The van der Waals surface area contributed by atoms with Crippen LogP contribution >= 0.6 is 0 Å². The summed E-state index contributed by atoms with van der Waals surface area (Å²) in [7, 11) is 0. The summed E-state index contributed by atoms with van der Waals surface area (Å²) in [5.41, 5.74) is 4.25. The van der Waals surface area contributed by atoms with Gasteiger partial charge in [0.05, 0.1) is 12.6 Å². The Bertz CT molecular complexity index is 991. The quantitative estimate of drug-likeness (QED) is 0.590. The van der Waals surface area contributed by atoms with Crippen molar-refractivity contribution in [2.24, 2.45) is 0 Å². The zero-order valence-electron chi connectivity index (χ0n) is 18.0. The lowest BCUT2D eigenvalue weighted by atomic mass is 10.1. The molecule has 0 radical (unpaired) electrons. The van der Waals surface area contributed by atoms with Gasteiger partial charge in [0.15, 0.2) is 5.78 Å². The third kappa shape index (κ3) is 4.14. The average molecular weight is 404 g/mol. The van der Waals surface area contributed by atoms with Crippen molar-refractivity contribution in [3.05, 3.63) is 77.4 Å². The molecule has 0 spiro atoms. The molecule has 0 N–H and O–H groups in total. The first-order valence-corrected chi connectivity index (χ1v) is 10.6. The number of hydrogen-bond acceptors (Lipinski definition) is 5. The second kappa shape index (κ2) is 8.79. The molecule has 0 bridgehead atoms. The molecule has 0 aliphatic carbocycles. The Hall–Kier alpha value is -2.99. The molecule has 1 atom stereocenters. The number of aryl methyl sites for hydroxylation is 1. The van der Waals surface area contributed by atoms with Crippen LogP contribution in [0.2, 0.25) is 0 Å². The van der Waals surface area contributed by atoms with Crippen LogP contribution in [0.15, 0.2) is 54.9 Å². The van der Waals surface area contributed by atoms with Crippen LogP contribution in [0.1, 0.15) is 40.3 Å². The van der Waals surface area contributed by atoms with Crippen LogP contribution in [0.5, 0.6) is 0 Å². The van der Waals surface area contributed by atoms with Crippen LogP contribution in [0.25, 0.3) is 0 Å². The van der Waals surface area contributed by atoms with E-state index in [4.69, 9.17) is 0 Å². The summed E-state index contributed by atoms with van der Waals surface area (Å²) in [6.45, 7) is 10.1. The number of benzene rings is 1. The lowest BCUT2D eigenvalue weighted by Crippen LogP contribution is -2.48. The van der Waals surface area contributed by atoms with Gasteiger partial charge in [0.1, 0.15) is 0 Å². The van der Waals surface area contributed by atoms with Crippen molar-refractivity contribution in [2.75, 3.05) is 37.6 Å². The molecule has 1 saturated heterocycles. The minimum Gasteiger partial charge on any atom is -0.341 e. The van der Waals surface area contributed by atoms with Gasteiger partial charge in [0.25, 0.3) is 0 Å². The van der Waals surface area contributed by atoms with Crippen molar-refractivity contribution in [3.8, 4) is 0 Å². The minimum absolute atomic E-state index is 0.194. The molecule has 0 amide bonds. The minimum atomic E-state index is 0.194. The number of aromatic nitrogens is 3. The molecule has 0 unspecified atom stereocenters. The fourth-order valence-corrected chi connectivity index (χ4v) is 4.38. The summed E-state index contributed by atoms with van der Waals surface area (Å²) in [5, 5.41) is 0. The number of carbonyl (C=O) groups is 1. The van der Waals surface area contributed by atoms with Gasteiger partial charge in [-0.3, -0.25) is 9.69 Å². The van der Waals surface area contributed by atoms with Crippen molar-refractivity contribution in [1.82, 2.24) is 19.4 Å². The molecule has 1 aliphatic heterocycles. The van der Waals surface area contributed by atoms with Crippen molar-refractivity contribution in [1.29, 1.82) is 0 Å². The van der Waals surface area contributed by atoms with Crippen LogP contribution in [0.3, 0.4) is 0 Å². The van der Waals surface area contributed by atoms with E-state index in [1.807, 2.05) is 18.2 Å². The second-order valence-electron chi connectivity index (χ2n) is 7.98. The van der Waals surface area contributed by atoms with Crippen LogP contribution in [-0.2, 0) is 0 Å². The van der Waals surface area contributed by atoms with Gasteiger partial charge >= 0.3 is 0 Å². The van der Waals surface area contributed by atoms with E-state index in [9.17, 15) is 4.79 Å². The molecule has 30 heavy (non-hydrogen) atoms. The maximum absolute atomic E-state index is 13.1. The maximum atomic E-state index is 13.1. The number of nitrogens with zero attached hydrogens (tertiary/aromatic N) is 5. The lowest BCUT2D eigenvalue weighted by Gasteiger charge is -2.34. The predicted molar refractivity (Wildman–Crippen MR) is 119 cm³/mol. The van der Waals surface area contributed by atoms with Crippen molar-refractivity contribution >= 4 is 11.7 Å². The van der Waals surface area contributed by atoms with Crippen molar-refractivity contribution in [2.45, 2.75) is 26.8 Å². The summed E-state index contributed by atoms with van der Waals surface area (Å²) in [4.78, 5) is 26.2. The number of carbonyl (C=O) groups excluding carboxylic acids is 1. The highest BCUT2D eigenvalue weighted by Crippen LogP contribution is 2.26. The summed E-state index contributed by atoms with van der Waals surface area (Å²) >= 11 is 0. The van der Waals surface area contributed by atoms with Gasteiger partial charge in [-0.1, -0.05) is 30.3 Å². The van der Waals surface area contributed by atoms with Gasteiger partial charge < -0.3 is 9.47 Å². The number of anilines is 1. The van der Waals surface area contributed by atoms with E-state index in [0.717, 1.165) is 49.1 Å². The molecular formula is C24H29N5O. The molecular weight excluding hydrogens is 374 g/mol. The van der Waals surface area contributed by atoms with E-state index in [2.05, 4.69) is 69.4 Å². The van der Waals surface area contributed by atoms with Crippen LogP contribution < -0.4 is 4.90 Å². The highest BCUT2D eigenvalue weighted by molar-refractivity contribution is 5.99. The molecule has 6 heteroatoms. The SMILES string of the molecule is Cc1cc(C(=O)CN2CCN(c3ncccn3)CC2)c(C)n1[C@@H](C)c1ccccc1. The van der Waals surface area contributed by atoms with Gasteiger partial charge in [-0.15, -0.1) is 0 Å². The van der Waals surface area contributed by atoms with Crippen molar-refractivity contribution in [3.63, 3.8) is 0 Å².